The standard InChI is InChI=1S/C22H27N3O4/c1-28-19-8-5-17(6-9-19)7-10-21(26)25-15-20(29-2)14-24(22(27)16-25)13-18-4-3-11-23-12-18/h3-6,8-9,11-12,20H,7,10,13-16H2,1-2H3. The minimum Gasteiger partial charge on any atom is -0.497 e. The first-order valence-electron chi connectivity index (χ1n) is 9.69. The van der Waals surface area contributed by atoms with Crippen molar-refractivity contribution in [1.82, 2.24) is 14.8 Å². The number of hydrogen-bond acceptors (Lipinski definition) is 5. The predicted molar refractivity (Wildman–Crippen MR) is 108 cm³/mol. The zero-order valence-corrected chi connectivity index (χ0v) is 16.9. The Bertz CT molecular complexity index is 811. The van der Waals surface area contributed by atoms with Gasteiger partial charge in [-0.25, -0.2) is 0 Å². The number of aryl methyl sites for hydroxylation is 1. The van der Waals surface area contributed by atoms with Gasteiger partial charge < -0.3 is 19.3 Å². The average molecular weight is 397 g/mol. The molecule has 29 heavy (non-hydrogen) atoms. The Kier molecular flexibility index (Phi) is 7.19. The number of pyridine rings is 1. The maximum Gasteiger partial charge on any atom is 0.242 e. The molecule has 1 saturated heterocycles. The van der Waals surface area contributed by atoms with Gasteiger partial charge in [-0.05, 0) is 35.7 Å². The molecule has 7 heteroatoms. The van der Waals surface area contributed by atoms with Gasteiger partial charge in [0.05, 0.1) is 19.8 Å². The normalized spacial score (nSPS) is 17.2. The van der Waals surface area contributed by atoms with Crippen LogP contribution in [-0.4, -0.2) is 66.6 Å². The van der Waals surface area contributed by atoms with Gasteiger partial charge in [-0.15, -0.1) is 0 Å². The molecular weight excluding hydrogens is 370 g/mol. The van der Waals surface area contributed by atoms with Crippen molar-refractivity contribution >= 4 is 11.8 Å². The lowest BCUT2D eigenvalue weighted by Crippen LogP contribution is -2.39. The monoisotopic (exact) mass is 397 g/mol. The molecule has 1 aliphatic heterocycles. The van der Waals surface area contributed by atoms with Gasteiger partial charge >= 0.3 is 0 Å². The molecule has 0 spiro atoms. The topological polar surface area (TPSA) is 72.0 Å². The lowest BCUT2D eigenvalue weighted by atomic mass is 10.1. The molecule has 7 nitrogen and oxygen atoms in total. The Morgan fingerprint density at radius 1 is 1.14 bits per heavy atom. The molecule has 1 aromatic carbocycles. The maximum atomic E-state index is 12.8. The second kappa shape index (κ2) is 10.0. The molecule has 1 unspecified atom stereocenters. The van der Waals surface area contributed by atoms with E-state index in [1.807, 2.05) is 36.4 Å². The third kappa shape index (κ3) is 5.77. The van der Waals surface area contributed by atoms with Crippen molar-refractivity contribution in [3.8, 4) is 5.75 Å². The zero-order chi connectivity index (χ0) is 20.6. The third-order valence-electron chi connectivity index (χ3n) is 5.10. The number of rotatable bonds is 7. The van der Waals surface area contributed by atoms with Crippen LogP contribution in [0.15, 0.2) is 48.8 Å². The van der Waals surface area contributed by atoms with E-state index in [0.29, 0.717) is 32.5 Å². The highest BCUT2D eigenvalue weighted by atomic mass is 16.5. The first-order chi connectivity index (χ1) is 14.1. The van der Waals surface area contributed by atoms with Gasteiger partial charge in [-0.3, -0.25) is 14.6 Å². The number of methoxy groups -OCH3 is 2. The summed E-state index contributed by atoms with van der Waals surface area (Å²) in [6, 6.07) is 11.4. The van der Waals surface area contributed by atoms with Gasteiger partial charge in [0.25, 0.3) is 0 Å². The molecule has 0 aliphatic carbocycles. The quantitative estimate of drug-likeness (QED) is 0.714. The van der Waals surface area contributed by atoms with Crippen LogP contribution < -0.4 is 4.74 Å². The lowest BCUT2D eigenvalue weighted by molar-refractivity contribution is -0.139. The van der Waals surface area contributed by atoms with Gasteiger partial charge in [-0.2, -0.15) is 0 Å². The van der Waals surface area contributed by atoms with Gasteiger partial charge in [0, 0.05) is 45.6 Å². The summed E-state index contributed by atoms with van der Waals surface area (Å²) in [6.45, 7) is 1.39. The lowest BCUT2D eigenvalue weighted by Gasteiger charge is -2.23. The van der Waals surface area contributed by atoms with Crippen molar-refractivity contribution in [1.29, 1.82) is 0 Å². The highest BCUT2D eigenvalue weighted by Crippen LogP contribution is 2.15. The van der Waals surface area contributed by atoms with Gasteiger partial charge in [0.2, 0.25) is 11.8 Å². The first-order valence-corrected chi connectivity index (χ1v) is 9.69. The number of benzene rings is 1. The molecule has 0 bridgehead atoms. The Balaban J connectivity index is 1.61. The van der Waals surface area contributed by atoms with E-state index in [9.17, 15) is 9.59 Å². The molecule has 1 aliphatic rings. The molecule has 1 aromatic heterocycles. The molecule has 1 fully saturated rings. The average Bonchev–Trinajstić information content (AvgIpc) is 2.92. The summed E-state index contributed by atoms with van der Waals surface area (Å²) in [7, 11) is 3.24. The molecule has 0 N–H and O–H groups in total. The summed E-state index contributed by atoms with van der Waals surface area (Å²) < 4.78 is 10.7. The number of carbonyl (C=O) groups is 2. The van der Waals surface area contributed by atoms with Crippen LogP contribution in [0.3, 0.4) is 0 Å². The number of ether oxygens (including phenoxy) is 2. The van der Waals surface area contributed by atoms with Crippen LogP contribution >= 0.6 is 0 Å². The van der Waals surface area contributed by atoms with Crippen molar-refractivity contribution in [2.45, 2.75) is 25.5 Å². The van der Waals surface area contributed by atoms with Gasteiger partial charge in [0.15, 0.2) is 0 Å². The number of carbonyl (C=O) groups excluding carboxylic acids is 2. The molecule has 3 rings (SSSR count). The number of hydrogen-bond donors (Lipinski definition) is 0. The molecule has 2 aromatic rings. The van der Waals surface area contributed by atoms with E-state index in [1.54, 1.807) is 36.4 Å². The smallest absolute Gasteiger partial charge is 0.242 e. The number of aromatic nitrogens is 1. The van der Waals surface area contributed by atoms with Crippen molar-refractivity contribution in [3.63, 3.8) is 0 Å². The first kappa shape index (κ1) is 20.8. The molecule has 2 heterocycles. The van der Waals surface area contributed by atoms with E-state index < -0.39 is 0 Å². The minimum atomic E-state index is -0.219. The maximum absolute atomic E-state index is 12.8. The molecule has 2 amide bonds. The van der Waals surface area contributed by atoms with Crippen LogP contribution in [0.1, 0.15) is 17.5 Å². The largest absolute Gasteiger partial charge is 0.497 e. The van der Waals surface area contributed by atoms with E-state index in [1.165, 1.54) is 0 Å². The number of nitrogens with zero attached hydrogens (tertiary/aromatic N) is 3. The van der Waals surface area contributed by atoms with Crippen LogP contribution in [0.5, 0.6) is 5.75 Å². The summed E-state index contributed by atoms with van der Waals surface area (Å²) in [5, 5.41) is 0. The zero-order valence-electron chi connectivity index (χ0n) is 16.9. The Hall–Kier alpha value is -2.93. The highest BCUT2D eigenvalue weighted by molar-refractivity contribution is 5.85. The molecular formula is C22H27N3O4. The highest BCUT2D eigenvalue weighted by Gasteiger charge is 2.30. The second-order valence-corrected chi connectivity index (χ2v) is 7.12. The van der Waals surface area contributed by atoms with E-state index in [4.69, 9.17) is 9.47 Å². The van der Waals surface area contributed by atoms with Crippen LogP contribution in [0, 0.1) is 0 Å². The van der Waals surface area contributed by atoms with E-state index in [2.05, 4.69) is 4.98 Å². The van der Waals surface area contributed by atoms with Crippen molar-refractivity contribution in [2.24, 2.45) is 0 Å². The third-order valence-corrected chi connectivity index (χ3v) is 5.10. The van der Waals surface area contributed by atoms with Gasteiger partial charge in [0.1, 0.15) is 5.75 Å². The minimum absolute atomic E-state index is 0.0422. The fourth-order valence-electron chi connectivity index (χ4n) is 3.38. The van der Waals surface area contributed by atoms with Gasteiger partial charge in [-0.1, -0.05) is 18.2 Å². The molecule has 0 saturated carbocycles. The van der Waals surface area contributed by atoms with Crippen molar-refractivity contribution < 1.29 is 19.1 Å². The fourth-order valence-corrected chi connectivity index (χ4v) is 3.38. The van der Waals surface area contributed by atoms with E-state index in [-0.39, 0.29) is 24.5 Å². The Morgan fingerprint density at radius 2 is 1.93 bits per heavy atom. The summed E-state index contributed by atoms with van der Waals surface area (Å²) >= 11 is 0. The van der Waals surface area contributed by atoms with Crippen molar-refractivity contribution in [3.05, 3.63) is 59.9 Å². The van der Waals surface area contributed by atoms with Crippen LogP contribution in [0.25, 0.3) is 0 Å². The second-order valence-electron chi connectivity index (χ2n) is 7.12. The van der Waals surface area contributed by atoms with Crippen LogP contribution in [0.4, 0.5) is 0 Å². The summed E-state index contributed by atoms with van der Waals surface area (Å²) in [4.78, 5) is 33.0. The van der Waals surface area contributed by atoms with Crippen LogP contribution in [-0.2, 0) is 27.3 Å². The number of amides is 2. The van der Waals surface area contributed by atoms with Crippen LogP contribution in [0.2, 0.25) is 0 Å². The summed E-state index contributed by atoms with van der Waals surface area (Å²) in [6.07, 6.45) is 4.19. The van der Waals surface area contributed by atoms with E-state index >= 15 is 0 Å². The predicted octanol–water partition coefficient (Wildman–Crippen LogP) is 1.91. The summed E-state index contributed by atoms with van der Waals surface area (Å²) in [5.74, 6) is 0.667. The Labute approximate surface area is 171 Å². The van der Waals surface area contributed by atoms with E-state index in [0.717, 1.165) is 16.9 Å². The molecule has 1 atom stereocenters. The molecule has 154 valence electrons. The van der Waals surface area contributed by atoms with Crippen molar-refractivity contribution in [2.75, 3.05) is 33.9 Å². The molecule has 0 radical (unpaired) electrons. The summed E-state index contributed by atoms with van der Waals surface area (Å²) in [5.41, 5.74) is 2.01. The fraction of sp³-hybridized carbons (Fsp3) is 0.409. The Morgan fingerprint density at radius 3 is 2.59 bits per heavy atom. The SMILES string of the molecule is COc1ccc(CCC(=O)N2CC(=O)N(Cc3cccnc3)CC(OC)C2)cc1.